The van der Waals surface area contributed by atoms with Crippen LogP contribution in [0.15, 0.2) is 0 Å². The Morgan fingerprint density at radius 1 is 0.788 bits per heavy atom. The lowest BCUT2D eigenvalue weighted by atomic mass is 9.89. The van der Waals surface area contributed by atoms with E-state index in [4.69, 9.17) is 14.0 Å². The topological polar surface area (TPSA) is 55.3 Å². The van der Waals surface area contributed by atoms with Gasteiger partial charge in [0.15, 0.2) is 11.4 Å². The summed E-state index contributed by atoms with van der Waals surface area (Å²) in [5.41, 5.74) is 10.1. The molecule has 0 unspecified atom stereocenters. The maximum atomic E-state index is 6.35. The second kappa shape index (κ2) is 19.9. The van der Waals surface area contributed by atoms with Gasteiger partial charge in [-0.25, -0.2) is 0 Å². The highest BCUT2D eigenvalue weighted by molar-refractivity contribution is 6.37. The second-order valence-electron chi connectivity index (χ2n) is 8.04. The van der Waals surface area contributed by atoms with E-state index >= 15 is 0 Å². The lowest BCUT2D eigenvalue weighted by Crippen LogP contribution is -2.44. The summed E-state index contributed by atoms with van der Waals surface area (Å²) in [7, 11) is -0.694. The fraction of sp³-hybridized carbons (Fsp3) is 0.679. The summed E-state index contributed by atoms with van der Waals surface area (Å²) in [5.74, 6) is 7.48. The van der Waals surface area contributed by atoms with Gasteiger partial charge in [0.2, 0.25) is 0 Å². The predicted molar refractivity (Wildman–Crippen MR) is 143 cm³/mol. The molecule has 1 aromatic carbocycles. The van der Waals surface area contributed by atoms with Gasteiger partial charge in [-0.2, -0.15) is 6.42 Å². The standard InChI is InChI=1S/C24H40BNO3.C4H9/c1-7-13-16-22-19(10-4)21(12-6)24(23(26)20(22)11-5)29-25(27-17-14-8-2)28-18-15-9-3;1-3-4-2/h7-12,14-15,17-18,26H2,1-6H3;1,3-4H2,2H3/q;-1/p+1. The minimum absolute atomic E-state index is 0.628. The molecular weight excluding hydrogens is 409 g/mol. The molecule has 33 heavy (non-hydrogen) atoms. The van der Waals surface area contributed by atoms with Crippen LogP contribution < -0.4 is 10.4 Å². The van der Waals surface area contributed by atoms with Gasteiger partial charge in [-0.3, -0.25) is 0 Å². The second-order valence-corrected chi connectivity index (χ2v) is 8.04. The van der Waals surface area contributed by atoms with Crippen molar-refractivity contribution in [2.45, 2.75) is 113 Å². The highest BCUT2D eigenvalue weighted by Gasteiger charge is 2.30. The molecule has 188 valence electrons. The monoisotopic (exact) mass is 459 g/mol. The zero-order chi connectivity index (χ0) is 25.1. The van der Waals surface area contributed by atoms with Crippen molar-refractivity contribution >= 4 is 13.0 Å². The number of hydrogen-bond acceptors (Lipinski definition) is 3. The van der Waals surface area contributed by atoms with E-state index < -0.39 is 7.32 Å². The molecule has 0 bridgehead atoms. The van der Waals surface area contributed by atoms with Crippen LogP contribution in [-0.4, -0.2) is 20.5 Å². The molecule has 4 nitrogen and oxygen atoms in total. The molecule has 0 atom stereocenters. The fourth-order valence-corrected chi connectivity index (χ4v) is 3.42. The first-order valence-electron chi connectivity index (χ1n) is 13.2. The van der Waals surface area contributed by atoms with E-state index in [1.165, 1.54) is 23.1 Å². The quantitative estimate of drug-likeness (QED) is 0.147. The molecule has 0 saturated carbocycles. The number of quaternary nitrogens is 1. The van der Waals surface area contributed by atoms with E-state index in [9.17, 15) is 0 Å². The molecule has 0 amide bonds. The average Bonchev–Trinajstić information content (AvgIpc) is 2.83. The lowest BCUT2D eigenvalue weighted by Gasteiger charge is -2.22. The van der Waals surface area contributed by atoms with Gasteiger partial charge < -0.3 is 26.6 Å². The third kappa shape index (κ3) is 11.0. The van der Waals surface area contributed by atoms with E-state index in [2.05, 4.69) is 73.0 Å². The van der Waals surface area contributed by atoms with Crippen LogP contribution in [0.2, 0.25) is 0 Å². The van der Waals surface area contributed by atoms with Crippen molar-refractivity contribution in [3.05, 3.63) is 29.2 Å². The van der Waals surface area contributed by atoms with Crippen LogP contribution in [0.1, 0.15) is 116 Å². The summed E-state index contributed by atoms with van der Waals surface area (Å²) in [5, 5.41) is 0. The van der Waals surface area contributed by atoms with Gasteiger partial charge in [0.05, 0.1) is 0 Å². The van der Waals surface area contributed by atoms with Gasteiger partial charge in [0, 0.05) is 36.3 Å². The number of unbranched alkanes of at least 4 members (excludes halogenated alkanes) is 3. The molecule has 1 rings (SSSR count). The first kappa shape index (κ1) is 31.5. The number of hydrogen-bond donors (Lipinski definition) is 1. The normalized spacial score (nSPS) is 10.2. The lowest BCUT2D eigenvalue weighted by molar-refractivity contribution is -0.257. The third-order valence-corrected chi connectivity index (χ3v) is 5.40. The van der Waals surface area contributed by atoms with E-state index in [0.29, 0.717) is 13.2 Å². The molecular formula is C28H50BNO3. The smallest absolute Gasteiger partial charge is 0.507 e. The van der Waals surface area contributed by atoms with Gasteiger partial charge in [0.25, 0.3) is 0 Å². The van der Waals surface area contributed by atoms with Crippen LogP contribution >= 0.6 is 0 Å². The van der Waals surface area contributed by atoms with Crippen LogP contribution in [0.3, 0.4) is 0 Å². The van der Waals surface area contributed by atoms with E-state index in [1.54, 1.807) is 0 Å². The Kier molecular flexibility index (Phi) is 19.1. The van der Waals surface area contributed by atoms with Gasteiger partial charge in [-0.1, -0.05) is 79.6 Å². The minimum Gasteiger partial charge on any atom is -0.507 e. The number of rotatable bonds is 14. The Morgan fingerprint density at radius 2 is 1.30 bits per heavy atom. The molecule has 5 heteroatoms. The average molecular weight is 460 g/mol. The van der Waals surface area contributed by atoms with Crippen molar-refractivity contribution in [1.29, 1.82) is 0 Å². The molecule has 0 spiro atoms. The van der Waals surface area contributed by atoms with Crippen LogP contribution in [-0.2, 0) is 28.6 Å². The first-order valence-corrected chi connectivity index (χ1v) is 13.2. The van der Waals surface area contributed by atoms with Crippen molar-refractivity contribution < 1.29 is 19.7 Å². The van der Waals surface area contributed by atoms with E-state index in [1.807, 2.05) is 0 Å². The summed E-state index contributed by atoms with van der Waals surface area (Å²) in [6.45, 7) is 19.9. The first-order chi connectivity index (χ1) is 16.0. The zero-order valence-corrected chi connectivity index (χ0v) is 22.7. The molecule has 0 radical (unpaired) electrons. The maximum absolute atomic E-state index is 6.35. The largest absolute Gasteiger partial charge is 0.713 e. The highest BCUT2D eigenvalue weighted by atomic mass is 16.7. The summed E-state index contributed by atoms with van der Waals surface area (Å²) < 4.78 is 18.2. The van der Waals surface area contributed by atoms with Crippen molar-refractivity contribution in [2.75, 3.05) is 13.2 Å². The Hall–Kier alpha value is -1.48. The van der Waals surface area contributed by atoms with Crippen molar-refractivity contribution in [1.82, 2.24) is 0 Å². The van der Waals surface area contributed by atoms with E-state index in [-0.39, 0.29) is 0 Å². The molecule has 0 saturated heterocycles. The molecule has 0 aromatic heterocycles. The SMILES string of the molecule is CCC#Cc1c(CC)c([NH3+])c(OB(OCCCC)OCCCC)c(CC)c1CC.[CH2-]CCC. The maximum Gasteiger partial charge on any atom is 0.713 e. The molecule has 0 aliphatic heterocycles. The minimum atomic E-state index is -0.694. The van der Waals surface area contributed by atoms with Gasteiger partial charge in [-0.05, 0) is 37.7 Å². The summed E-state index contributed by atoms with van der Waals surface area (Å²) in [6.07, 6.45) is 9.90. The summed E-state index contributed by atoms with van der Waals surface area (Å²) in [4.78, 5) is 0. The molecule has 0 aliphatic carbocycles. The Bertz CT molecular complexity index is 698. The molecule has 0 fully saturated rings. The third-order valence-electron chi connectivity index (χ3n) is 5.40. The van der Waals surface area contributed by atoms with Crippen molar-refractivity contribution in [3.8, 4) is 17.6 Å². The van der Waals surface area contributed by atoms with Crippen LogP contribution in [0.5, 0.6) is 5.75 Å². The Balaban J connectivity index is 0.00000235. The number of benzene rings is 1. The van der Waals surface area contributed by atoms with Crippen molar-refractivity contribution in [3.63, 3.8) is 0 Å². The Labute approximate surface area is 205 Å². The van der Waals surface area contributed by atoms with Gasteiger partial charge in [0.1, 0.15) is 0 Å². The molecule has 0 heterocycles. The zero-order valence-electron chi connectivity index (χ0n) is 22.7. The fourth-order valence-electron chi connectivity index (χ4n) is 3.42. The summed E-state index contributed by atoms with van der Waals surface area (Å²) >= 11 is 0. The van der Waals surface area contributed by atoms with Gasteiger partial charge in [-0.15, -0.1) is 0 Å². The summed E-state index contributed by atoms with van der Waals surface area (Å²) in [6, 6.07) is 0. The van der Waals surface area contributed by atoms with E-state index in [0.717, 1.165) is 74.8 Å². The molecule has 0 aliphatic rings. The predicted octanol–water partition coefficient (Wildman–Crippen LogP) is 6.63. The molecule has 1 aromatic rings. The Morgan fingerprint density at radius 3 is 1.70 bits per heavy atom. The van der Waals surface area contributed by atoms with Crippen molar-refractivity contribution in [2.24, 2.45) is 0 Å². The van der Waals surface area contributed by atoms with Crippen LogP contribution in [0.4, 0.5) is 5.69 Å². The highest BCUT2D eigenvalue weighted by Crippen LogP contribution is 2.37. The van der Waals surface area contributed by atoms with Crippen LogP contribution in [0.25, 0.3) is 0 Å². The van der Waals surface area contributed by atoms with Crippen LogP contribution in [0, 0.1) is 18.8 Å². The molecule has 3 N–H and O–H groups in total. The van der Waals surface area contributed by atoms with Gasteiger partial charge >= 0.3 is 7.32 Å².